The van der Waals surface area contributed by atoms with Crippen LogP contribution in [0.4, 0.5) is 17.1 Å². The number of nitrogens with zero attached hydrogens (tertiary/aromatic N) is 1. The molecule has 61 heavy (non-hydrogen) atoms. The van der Waals surface area contributed by atoms with Crippen LogP contribution in [0, 0.1) is 0 Å². The van der Waals surface area contributed by atoms with Crippen molar-refractivity contribution in [3.05, 3.63) is 235 Å². The average Bonchev–Trinajstić information content (AvgIpc) is 3.68. The SMILES string of the molecule is CC1(C)c2ccccc2-c2ccc(-c3c(-c4cccc(-c5ccccc5)c4)cccc3N(c3ccc(-c4ccccc4)cc3)c3ccc4c(c3)C(C)(C)c3ccccc3-4)cc21. The Balaban J connectivity index is 1.17. The van der Waals surface area contributed by atoms with Gasteiger partial charge in [0.2, 0.25) is 0 Å². The van der Waals surface area contributed by atoms with Crippen LogP contribution >= 0.6 is 0 Å². The summed E-state index contributed by atoms with van der Waals surface area (Å²) in [6, 6.07) is 78.7. The van der Waals surface area contributed by atoms with Crippen molar-refractivity contribution in [2.75, 3.05) is 4.90 Å². The largest absolute Gasteiger partial charge is 0.310 e. The van der Waals surface area contributed by atoms with Gasteiger partial charge in [-0.1, -0.05) is 198 Å². The highest BCUT2D eigenvalue weighted by Gasteiger charge is 2.37. The van der Waals surface area contributed by atoms with Gasteiger partial charge >= 0.3 is 0 Å². The Morgan fingerprint density at radius 2 is 0.721 bits per heavy atom. The van der Waals surface area contributed by atoms with Crippen LogP contribution in [-0.4, -0.2) is 0 Å². The Hall–Kier alpha value is -7.22. The molecular formula is C60H47N. The third kappa shape index (κ3) is 5.99. The third-order valence-electron chi connectivity index (χ3n) is 13.5. The molecule has 0 unspecified atom stereocenters. The molecule has 0 radical (unpaired) electrons. The Labute approximate surface area is 360 Å². The van der Waals surface area contributed by atoms with Crippen molar-refractivity contribution in [3.63, 3.8) is 0 Å². The van der Waals surface area contributed by atoms with Crippen LogP contribution in [0.5, 0.6) is 0 Å². The second-order valence-corrected chi connectivity index (χ2v) is 17.7. The lowest BCUT2D eigenvalue weighted by Gasteiger charge is -2.31. The molecule has 0 amide bonds. The molecule has 0 saturated heterocycles. The van der Waals surface area contributed by atoms with Gasteiger partial charge < -0.3 is 4.90 Å². The quantitative estimate of drug-likeness (QED) is 0.156. The second-order valence-electron chi connectivity index (χ2n) is 17.7. The maximum atomic E-state index is 2.50. The summed E-state index contributed by atoms with van der Waals surface area (Å²) in [5, 5.41) is 0. The number of hydrogen-bond acceptors (Lipinski definition) is 1. The third-order valence-corrected chi connectivity index (χ3v) is 13.5. The number of hydrogen-bond donors (Lipinski definition) is 0. The highest BCUT2D eigenvalue weighted by molar-refractivity contribution is 5.99. The van der Waals surface area contributed by atoms with Crippen molar-refractivity contribution in [3.8, 4) is 66.8 Å². The molecule has 0 N–H and O–H groups in total. The molecule has 1 nitrogen and oxygen atoms in total. The van der Waals surface area contributed by atoms with Gasteiger partial charge in [0.1, 0.15) is 0 Å². The van der Waals surface area contributed by atoms with Crippen LogP contribution in [0.15, 0.2) is 212 Å². The van der Waals surface area contributed by atoms with Gasteiger partial charge in [0.25, 0.3) is 0 Å². The van der Waals surface area contributed by atoms with Crippen LogP contribution in [0.1, 0.15) is 49.9 Å². The molecule has 0 fully saturated rings. The van der Waals surface area contributed by atoms with E-state index in [-0.39, 0.29) is 10.8 Å². The average molecular weight is 782 g/mol. The Morgan fingerprint density at radius 1 is 0.279 bits per heavy atom. The monoisotopic (exact) mass is 781 g/mol. The standard InChI is InChI=1S/C60H47N/c1-59(2)53-26-13-11-23-49(53)51-35-31-45(38-55(51)59)58-48(44-22-15-21-43(37-44)41-19-9-6-10-20-41)25-16-28-57(58)61(46-32-29-42(30-33-46)40-17-7-5-8-18-40)47-34-36-52-50-24-12-14-27-54(50)60(3,4)56(52)39-47/h5-39H,1-4H3. The summed E-state index contributed by atoms with van der Waals surface area (Å²) in [4.78, 5) is 2.50. The minimum atomic E-state index is -0.145. The van der Waals surface area contributed by atoms with E-state index in [4.69, 9.17) is 0 Å². The topological polar surface area (TPSA) is 3.24 Å². The van der Waals surface area contributed by atoms with E-state index in [0.717, 1.165) is 17.1 Å². The Morgan fingerprint density at radius 3 is 1.38 bits per heavy atom. The fourth-order valence-corrected chi connectivity index (χ4v) is 10.3. The predicted octanol–water partition coefficient (Wildman–Crippen LogP) is 16.4. The minimum Gasteiger partial charge on any atom is -0.310 e. The molecule has 1 heteroatoms. The molecule has 0 heterocycles. The summed E-state index contributed by atoms with van der Waals surface area (Å²) in [5.74, 6) is 0. The Kier molecular flexibility index (Phi) is 8.58. The van der Waals surface area contributed by atoms with Gasteiger partial charge in [-0.05, 0) is 126 Å². The van der Waals surface area contributed by atoms with Gasteiger partial charge in [0.15, 0.2) is 0 Å². The maximum absolute atomic E-state index is 2.50. The highest BCUT2D eigenvalue weighted by Crippen LogP contribution is 2.54. The molecule has 292 valence electrons. The van der Waals surface area contributed by atoms with Crippen molar-refractivity contribution in [2.45, 2.75) is 38.5 Å². The molecule has 0 bridgehead atoms. The Bertz CT molecular complexity index is 3120. The fraction of sp³-hybridized carbons (Fsp3) is 0.100. The molecule has 9 aromatic carbocycles. The van der Waals surface area contributed by atoms with Gasteiger partial charge in [0, 0.05) is 27.8 Å². The van der Waals surface area contributed by atoms with Crippen LogP contribution in [0.3, 0.4) is 0 Å². The number of benzene rings is 9. The molecule has 0 saturated carbocycles. The minimum absolute atomic E-state index is 0.141. The van der Waals surface area contributed by atoms with Gasteiger partial charge in [0.05, 0.1) is 5.69 Å². The smallest absolute Gasteiger partial charge is 0.0546 e. The summed E-state index contributed by atoms with van der Waals surface area (Å²) >= 11 is 0. The van der Waals surface area contributed by atoms with Crippen molar-refractivity contribution >= 4 is 17.1 Å². The number of rotatable bonds is 7. The first-order chi connectivity index (χ1) is 29.8. The van der Waals surface area contributed by atoms with Crippen molar-refractivity contribution < 1.29 is 0 Å². The molecule has 9 aromatic rings. The zero-order valence-electron chi connectivity index (χ0n) is 35.2. The van der Waals surface area contributed by atoms with Crippen molar-refractivity contribution in [1.82, 2.24) is 0 Å². The molecule has 0 aliphatic heterocycles. The lowest BCUT2D eigenvalue weighted by Crippen LogP contribution is -2.17. The zero-order valence-corrected chi connectivity index (χ0v) is 35.2. The summed E-state index contributed by atoms with van der Waals surface area (Å²) in [5.41, 5.74) is 23.5. The van der Waals surface area contributed by atoms with Gasteiger partial charge in [-0.2, -0.15) is 0 Å². The lowest BCUT2D eigenvalue weighted by molar-refractivity contribution is 0.660. The summed E-state index contributed by atoms with van der Waals surface area (Å²) in [6.45, 7) is 9.50. The number of fused-ring (bicyclic) bond motifs is 6. The molecule has 0 atom stereocenters. The van der Waals surface area contributed by atoms with Gasteiger partial charge in [-0.3, -0.25) is 0 Å². The van der Waals surface area contributed by atoms with Crippen molar-refractivity contribution in [1.29, 1.82) is 0 Å². The van der Waals surface area contributed by atoms with Gasteiger partial charge in [-0.25, -0.2) is 0 Å². The lowest BCUT2D eigenvalue weighted by atomic mass is 9.81. The van der Waals surface area contributed by atoms with Crippen LogP contribution in [0.2, 0.25) is 0 Å². The van der Waals surface area contributed by atoms with Crippen LogP contribution < -0.4 is 4.90 Å². The van der Waals surface area contributed by atoms with Gasteiger partial charge in [-0.15, -0.1) is 0 Å². The summed E-state index contributed by atoms with van der Waals surface area (Å²) in [6.07, 6.45) is 0. The number of anilines is 3. The predicted molar refractivity (Wildman–Crippen MR) is 258 cm³/mol. The van der Waals surface area contributed by atoms with E-state index in [1.54, 1.807) is 0 Å². The maximum Gasteiger partial charge on any atom is 0.0546 e. The molecule has 11 rings (SSSR count). The zero-order chi connectivity index (χ0) is 41.3. The first-order valence-corrected chi connectivity index (χ1v) is 21.5. The van der Waals surface area contributed by atoms with Crippen molar-refractivity contribution in [2.24, 2.45) is 0 Å². The van der Waals surface area contributed by atoms with E-state index in [0.29, 0.717) is 0 Å². The molecule has 2 aliphatic carbocycles. The summed E-state index contributed by atoms with van der Waals surface area (Å²) in [7, 11) is 0. The first-order valence-electron chi connectivity index (χ1n) is 21.5. The van der Waals surface area contributed by atoms with Crippen LogP contribution in [0.25, 0.3) is 66.8 Å². The first kappa shape index (κ1) is 36.8. The molecule has 2 aliphatic rings. The molecule has 0 spiro atoms. The summed E-state index contributed by atoms with van der Waals surface area (Å²) < 4.78 is 0. The molecular weight excluding hydrogens is 735 g/mol. The van der Waals surface area contributed by atoms with Crippen LogP contribution in [-0.2, 0) is 10.8 Å². The van der Waals surface area contributed by atoms with E-state index in [2.05, 4.69) is 245 Å². The molecule has 0 aromatic heterocycles. The highest BCUT2D eigenvalue weighted by atomic mass is 15.1. The van der Waals surface area contributed by atoms with E-state index >= 15 is 0 Å². The fourth-order valence-electron chi connectivity index (χ4n) is 10.3. The van der Waals surface area contributed by atoms with E-state index in [9.17, 15) is 0 Å². The van der Waals surface area contributed by atoms with E-state index in [1.165, 1.54) is 89.0 Å². The van der Waals surface area contributed by atoms with E-state index < -0.39 is 0 Å². The van der Waals surface area contributed by atoms with E-state index in [1.807, 2.05) is 0 Å². The second kappa shape index (κ2) is 14.2. The normalized spacial score (nSPS) is 13.8.